The van der Waals surface area contributed by atoms with E-state index in [9.17, 15) is 4.79 Å². The van der Waals surface area contributed by atoms with Crippen LogP contribution in [0.15, 0.2) is 36.5 Å². The largest absolute Gasteiger partial charge is 0.340 e. The van der Waals surface area contributed by atoms with Gasteiger partial charge < -0.3 is 10.6 Å². The fraction of sp³-hybridized carbons (Fsp3) is 0.294. The van der Waals surface area contributed by atoms with E-state index in [1.165, 1.54) is 18.1 Å². The van der Waals surface area contributed by atoms with E-state index in [0.717, 1.165) is 24.3 Å². The van der Waals surface area contributed by atoms with E-state index in [0.29, 0.717) is 5.69 Å². The third-order valence-corrected chi connectivity index (χ3v) is 3.34. The van der Waals surface area contributed by atoms with Crippen LogP contribution in [0.4, 0.5) is 17.2 Å². The van der Waals surface area contributed by atoms with E-state index in [2.05, 4.69) is 47.7 Å². The molecule has 1 heterocycles. The molecule has 21 heavy (non-hydrogen) atoms. The number of hydrogen-bond donors (Lipinski definition) is 2. The molecule has 0 saturated carbocycles. The average molecular weight is 283 g/mol. The molecule has 0 aliphatic carbocycles. The van der Waals surface area contributed by atoms with Crippen molar-refractivity contribution >= 4 is 23.1 Å². The van der Waals surface area contributed by atoms with Crippen molar-refractivity contribution in [3.05, 3.63) is 47.7 Å². The predicted molar refractivity (Wildman–Crippen MR) is 87.0 cm³/mol. The summed E-state index contributed by atoms with van der Waals surface area (Å²) in [5.41, 5.74) is 4.40. The smallest absolute Gasteiger partial charge is 0.221 e. The standard InChI is InChI=1S/C17H21N3O/c1-4-13-7-6-8-14(5-2)17(13)20-16-10-9-15(11-18-16)19-12(3)21/h6-11H,4-5H2,1-3H3,(H,18,20)(H,19,21). The average Bonchev–Trinajstić information content (AvgIpc) is 2.49. The van der Waals surface area contributed by atoms with Gasteiger partial charge in [-0.15, -0.1) is 0 Å². The molecule has 1 aromatic heterocycles. The van der Waals surface area contributed by atoms with Gasteiger partial charge in [0, 0.05) is 12.6 Å². The Hall–Kier alpha value is -2.36. The summed E-state index contributed by atoms with van der Waals surface area (Å²) in [6.45, 7) is 5.78. The molecule has 0 spiro atoms. The lowest BCUT2D eigenvalue weighted by Gasteiger charge is -2.15. The van der Waals surface area contributed by atoms with Gasteiger partial charge in [-0.2, -0.15) is 0 Å². The maximum absolute atomic E-state index is 11.0. The van der Waals surface area contributed by atoms with Crippen molar-refractivity contribution in [1.29, 1.82) is 0 Å². The molecule has 0 saturated heterocycles. The second-order valence-electron chi connectivity index (χ2n) is 4.90. The molecule has 0 bridgehead atoms. The number of carbonyl (C=O) groups is 1. The van der Waals surface area contributed by atoms with E-state index >= 15 is 0 Å². The molecule has 1 amide bonds. The van der Waals surface area contributed by atoms with E-state index < -0.39 is 0 Å². The summed E-state index contributed by atoms with van der Waals surface area (Å²) in [5.74, 6) is 0.682. The van der Waals surface area contributed by atoms with E-state index in [-0.39, 0.29) is 5.91 Å². The SMILES string of the molecule is CCc1cccc(CC)c1Nc1ccc(NC(C)=O)cn1. The highest BCUT2D eigenvalue weighted by atomic mass is 16.1. The fourth-order valence-corrected chi connectivity index (χ4v) is 2.28. The van der Waals surface area contributed by atoms with E-state index in [4.69, 9.17) is 0 Å². The Bertz CT molecular complexity index is 598. The minimum atomic E-state index is -0.0953. The molecule has 0 fully saturated rings. The van der Waals surface area contributed by atoms with Crippen molar-refractivity contribution in [3.8, 4) is 0 Å². The van der Waals surface area contributed by atoms with Crippen molar-refractivity contribution in [1.82, 2.24) is 4.98 Å². The molecular weight excluding hydrogens is 262 g/mol. The van der Waals surface area contributed by atoms with Crippen LogP contribution in [0, 0.1) is 0 Å². The summed E-state index contributed by atoms with van der Waals surface area (Å²) in [7, 11) is 0. The van der Waals surface area contributed by atoms with Gasteiger partial charge in [0.1, 0.15) is 5.82 Å². The summed E-state index contributed by atoms with van der Waals surface area (Å²) in [6, 6.07) is 10.1. The number of aryl methyl sites for hydroxylation is 2. The number of nitrogens with one attached hydrogen (secondary N) is 2. The molecule has 2 N–H and O–H groups in total. The minimum Gasteiger partial charge on any atom is -0.340 e. The molecule has 2 aromatic rings. The van der Waals surface area contributed by atoms with Crippen LogP contribution in [-0.4, -0.2) is 10.9 Å². The lowest BCUT2D eigenvalue weighted by molar-refractivity contribution is -0.114. The van der Waals surface area contributed by atoms with Crippen LogP contribution in [0.5, 0.6) is 0 Å². The number of para-hydroxylation sites is 1. The molecular formula is C17H21N3O. The Morgan fingerprint density at radius 3 is 2.24 bits per heavy atom. The number of nitrogens with zero attached hydrogens (tertiary/aromatic N) is 1. The van der Waals surface area contributed by atoms with Crippen LogP contribution in [0.3, 0.4) is 0 Å². The molecule has 0 radical (unpaired) electrons. The molecule has 1 aromatic carbocycles. The van der Waals surface area contributed by atoms with Crippen molar-refractivity contribution in [2.75, 3.05) is 10.6 Å². The molecule has 0 atom stereocenters. The molecule has 0 unspecified atom stereocenters. The zero-order valence-electron chi connectivity index (χ0n) is 12.7. The van der Waals surface area contributed by atoms with Crippen LogP contribution in [0.2, 0.25) is 0 Å². The first-order valence-corrected chi connectivity index (χ1v) is 7.25. The van der Waals surface area contributed by atoms with Gasteiger partial charge in [0.25, 0.3) is 0 Å². The number of benzene rings is 1. The van der Waals surface area contributed by atoms with Gasteiger partial charge in [-0.05, 0) is 36.1 Å². The van der Waals surface area contributed by atoms with Crippen LogP contribution < -0.4 is 10.6 Å². The number of carbonyl (C=O) groups excluding carboxylic acids is 1. The highest BCUT2D eigenvalue weighted by molar-refractivity contribution is 5.88. The lowest BCUT2D eigenvalue weighted by Crippen LogP contribution is -2.06. The van der Waals surface area contributed by atoms with Crippen LogP contribution in [-0.2, 0) is 17.6 Å². The zero-order valence-corrected chi connectivity index (χ0v) is 12.7. The summed E-state index contributed by atoms with van der Waals surface area (Å²) < 4.78 is 0. The van der Waals surface area contributed by atoms with Gasteiger partial charge in [0.15, 0.2) is 0 Å². The number of anilines is 3. The number of pyridine rings is 1. The van der Waals surface area contributed by atoms with Gasteiger partial charge in [-0.25, -0.2) is 4.98 Å². The summed E-state index contributed by atoms with van der Waals surface area (Å²) in [4.78, 5) is 15.4. The number of amides is 1. The van der Waals surface area contributed by atoms with Crippen molar-refractivity contribution in [2.45, 2.75) is 33.6 Å². The van der Waals surface area contributed by atoms with E-state index in [1.54, 1.807) is 6.20 Å². The Kier molecular flexibility index (Phi) is 4.93. The third-order valence-electron chi connectivity index (χ3n) is 3.34. The van der Waals surface area contributed by atoms with Gasteiger partial charge in [0.05, 0.1) is 11.9 Å². The predicted octanol–water partition coefficient (Wildman–Crippen LogP) is 3.91. The quantitative estimate of drug-likeness (QED) is 0.874. The van der Waals surface area contributed by atoms with Crippen molar-refractivity contribution < 1.29 is 4.79 Å². The minimum absolute atomic E-state index is 0.0953. The van der Waals surface area contributed by atoms with Crippen molar-refractivity contribution in [3.63, 3.8) is 0 Å². The summed E-state index contributed by atoms with van der Waals surface area (Å²) >= 11 is 0. The highest BCUT2D eigenvalue weighted by Gasteiger charge is 2.07. The summed E-state index contributed by atoms with van der Waals surface area (Å²) in [6.07, 6.45) is 3.60. The molecule has 0 aliphatic rings. The van der Waals surface area contributed by atoms with Gasteiger partial charge in [0.2, 0.25) is 5.91 Å². The fourth-order valence-electron chi connectivity index (χ4n) is 2.28. The second-order valence-corrected chi connectivity index (χ2v) is 4.90. The second kappa shape index (κ2) is 6.88. The Balaban J connectivity index is 2.23. The maximum Gasteiger partial charge on any atom is 0.221 e. The maximum atomic E-state index is 11.0. The molecule has 2 rings (SSSR count). The molecule has 4 nitrogen and oxygen atoms in total. The molecule has 110 valence electrons. The lowest BCUT2D eigenvalue weighted by atomic mass is 10.0. The number of rotatable bonds is 5. The monoisotopic (exact) mass is 283 g/mol. The van der Waals surface area contributed by atoms with Crippen molar-refractivity contribution in [2.24, 2.45) is 0 Å². The van der Waals surface area contributed by atoms with Crippen LogP contribution >= 0.6 is 0 Å². The third kappa shape index (κ3) is 3.81. The van der Waals surface area contributed by atoms with E-state index in [1.807, 2.05) is 12.1 Å². The summed E-state index contributed by atoms with van der Waals surface area (Å²) in [5, 5.41) is 6.11. The Labute approximate surface area is 125 Å². The Morgan fingerprint density at radius 1 is 1.10 bits per heavy atom. The number of aromatic nitrogens is 1. The van der Waals surface area contributed by atoms with Gasteiger partial charge >= 0.3 is 0 Å². The van der Waals surface area contributed by atoms with Gasteiger partial charge in [-0.3, -0.25) is 4.79 Å². The highest BCUT2D eigenvalue weighted by Crippen LogP contribution is 2.26. The first-order valence-electron chi connectivity index (χ1n) is 7.25. The first kappa shape index (κ1) is 15.0. The van der Waals surface area contributed by atoms with Crippen LogP contribution in [0.1, 0.15) is 31.9 Å². The van der Waals surface area contributed by atoms with Crippen LogP contribution in [0.25, 0.3) is 0 Å². The first-order chi connectivity index (χ1) is 10.1. The number of hydrogen-bond acceptors (Lipinski definition) is 3. The zero-order chi connectivity index (χ0) is 15.2. The normalized spacial score (nSPS) is 10.2. The topological polar surface area (TPSA) is 54.0 Å². The van der Waals surface area contributed by atoms with Gasteiger partial charge in [-0.1, -0.05) is 32.0 Å². The molecule has 0 aliphatic heterocycles. The molecule has 4 heteroatoms. The Morgan fingerprint density at radius 2 is 1.76 bits per heavy atom.